The number of aromatic nitrogens is 1. The Labute approximate surface area is 112 Å². The van der Waals surface area contributed by atoms with Crippen molar-refractivity contribution in [2.45, 2.75) is 19.6 Å². The number of halogens is 1. The molecule has 1 aromatic carbocycles. The first-order chi connectivity index (χ1) is 9.08. The molecule has 0 spiro atoms. The fourth-order valence-corrected chi connectivity index (χ4v) is 1.87. The van der Waals surface area contributed by atoms with E-state index in [0.29, 0.717) is 17.9 Å². The quantitative estimate of drug-likeness (QED) is 0.918. The second-order valence-electron chi connectivity index (χ2n) is 4.57. The van der Waals surface area contributed by atoms with Crippen LogP contribution in [-0.2, 0) is 6.54 Å². The normalized spacial score (nSPS) is 12.2. The van der Waals surface area contributed by atoms with E-state index >= 15 is 0 Å². The minimum absolute atomic E-state index is 0.221. The molecule has 0 amide bonds. The predicted molar refractivity (Wildman–Crippen MR) is 73.4 cm³/mol. The van der Waals surface area contributed by atoms with Gasteiger partial charge in [-0.25, -0.2) is 9.37 Å². The molecule has 2 rings (SSSR count). The molecule has 19 heavy (non-hydrogen) atoms. The van der Waals surface area contributed by atoms with Crippen LogP contribution in [0.5, 0.6) is 0 Å². The summed E-state index contributed by atoms with van der Waals surface area (Å²) in [6.45, 7) is 2.14. The van der Waals surface area contributed by atoms with Gasteiger partial charge in [-0.3, -0.25) is 0 Å². The smallest absolute Gasteiger partial charge is 0.128 e. The standard InChI is InChI=1S/C15H17FN2O/c1-11(19)12-7-8-17-15(9-12)18(2)10-13-5-3-4-6-14(13)16/h3-9,11,19H,10H2,1-2H3/t11-/m0/s1. The molecule has 1 atom stereocenters. The summed E-state index contributed by atoms with van der Waals surface area (Å²) in [5.74, 6) is 0.489. The molecule has 100 valence electrons. The minimum Gasteiger partial charge on any atom is -0.389 e. The third-order valence-corrected chi connectivity index (χ3v) is 3.01. The number of rotatable bonds is 4. The first kappa shape index (κ1) is 13.5. The van der Waals surface area contributed by atoms with Crippen molar-refractivity contribution in [3.05, 3.63) is 59.5 Å². The Morgan fingerprint density at radius 1 is 1.32 bits per heavy atom. The molecule has 0 saturated heterocycles. The lowest BCUT2D eigenvalue weighted by atomic mass is 10.1. The van der Waals surface area contributed by atoms with Crippen molar-refractivity contribution in [3.8, 4) is 0 Å². The molecule has 0 bridgehead atoms. The Bertz CT molecular complexity index is 557. The van der Waals surface area contributed by atoms with Crippen LogP contribution >= 0.6 is 0 Å². The van der Waals surface area contributed by atoms with Crippen LogP contribution in [0.4, 0.5) is 10.2 Å². The Hall–Kier alpha value is -1.94. The van der Waals surface area contributed by atoms with Gasteiger partial charge in [0.05, 0.1) is 6.10 Å². The molecule has 2 aromatic rings. The van der Waals surface area contributed by atoms with Crippen LogP contribution < -0.4 is 4.90 Å². The van der Waals surface area contributed by atoms with E-state index in [-0.39, 0.29) is 5.82 Å². The van der Waals surface area contributed by atoms with Gasteiger partial charge in [0.25, 0.3) is 0 Å². The average molecular weight is 260 g/mol. The van der Waals surface area contributed by atoms with Crippen LogP contribution in [0.25, 0.3) is 0 Å². The number of anilines is 1. The Morgan fingerprint density at radius 3 is 2.74 bits per heavy atom. The lowest BCUT2D eigenvalue weighted by Gasteiger charge is -2.19. The van der Waals surface area contributed by atoms with E-state index < -0.39 is 6.10 Å². The third kappa shape index (κ3) is 3.29. The first-order valence-corrected chi connectivity index (χ1v) is 6.16. The largest absolute Gasteiger partial charge is 0.389 e. The number of pyridine rings is 1. The maximum Gasteiger partial charge on any atom is 0.128 e. The highest BCUT2D eigenvalue weighted by Gasteiger charge is 2.09. The summed E-state index contributed by atoms with van der Waals surface area (Å²) in [7, 11) is 1.85. The summed E-state index contributed by atoms with van der Waals surface area (Å²) < 4.78 is 13.6. The van der Waals surface area contributed by atoms with Gasteiger partial charge in [0.2, 0.25) is 0 Å². The number of hydrogen-bond donors (Lipinski definition) is 1. The zero-order chi connectivity index (χ0) is 13.8. The Balaban J connectivity index is 2.18. The molecule has 3 nitrogen and oxygen atoms in total. The highest BCUT2D eigenvalue weighted by atomic mass is 19.1. The number of hydrogen-bond acceptors (Lipinski definition) is 3. The van der Waals surface area contributed by atoms with Crippen molar-refractivity contribution >= 4 is 5.82 Å². The SMILES string of the molecule is C[C@H](O)c1ccnc(N(C)Cc2ccccc2F)c1. The topological polar surface area (TPSA) is 36.4 Å². The van der Waals surface area contributed by atoms with Gasteiger partial charge in [-0.1, -0.05) is 18.2 Å². The first-order valence-electron chi connectivity index (χ1n) is 6.16. The lowest BCUT2D eigenvalue weighted by molar-refractivity contribution is 0.199. The number of benzene rings is 1. The molecule has 0 unspecified atom stereocenters. The second kappa shape index (κ2) is 5.80. The van der Waals surface area contributed by atoms with E-state index in [4.69, 9.17) is 0 Å². The van der Waals surface area contributed by atoms with Crippen molar-refractivity contribution in [1.82, 2.24) is 4.98 Å². The number of aliphatic hydroxyl groups is 1. The van der Waals surface area contributed by atoms with Gasteiger partial charge < -0.3 is 10.0 Å². The molecule has 0 fully saturated rings. The van der Waals surface area contributed by atoms with Crippen LogP contribution in [0.15, 0.2) is 42.6 Å². The van der Waals surface area contributed by atoms with Crippen molar-refractivity contribution in [1.29, 1.82) is 0 Å². The van der Waals surface area contributed by atoms with Crippen molar-refractivity contribution in [2.75, 3.05) is 11.9 Å². The second-order valence-corrected chi connectivity index (χ2v) is 4.57. The van der Waals surface area contributed by atoms with Gasteiger partial charge in [-0.2, -0.15) is 0 Å². The summed E-state index contributed by atoms with van der Waals surface area (Å²) in [6.07, 6.45) is 1.11. The van der Waals surface area contributed by atoms with Gasteiger partial charge in [-0.15, -0.1) is 0 Å². The lowest BCUT2D eigenvalue weighted by Crippen LogP contribution is -2.18. The molecule has 0 aliphatic heterocycles. The molecule has 0 radical (unpaired) electrons. The molecule has 1 N–H and O–H groups in total. The molecular weight excluding hydrogens is 243 g/mol. The average Bonchev–Trinajstić information content (AvgIpc) is 2.41. The maximum atomic E-state index is 13.6. The summed E-state index contributed by atoms with van der Waals surface area (Å²) in [6, 6.07) is 10.3. The molecule has 1 aromatic heterocycles. The molecular formula is C15H17FN2O. The molecule has 0 saturated carbocycles. The van der Waals surface area contributed by atoms with E-state index in [0.717, 1.165) is 5.56 Å². The minimum atomic E-state index is -0.538. The highest BCUT2D eigenvalue weighted by molar-refractivity contribution is 5.41. The van der Waals surface area contributed by atoms with Gasteiger partial charge in [-0.05, 0) is 30.7 Å². The van der Waals surface area contributed by atoms with Crippen molar-refractivity contribution in [3.63, 3.8) is 0 Å². The number of aliphatic hydroxyl groups excluding tert-OH is 1. The maximum absolute atomic E-state index is 13.6. The zero-order valence-electron chi connectivity index (χ0n) is 11.0. The third-order valence-electron chi connectivity index (χ3n) is 3.01. The molecule has 0 aliphatic rings. The van der Waals surface area contributed by atoms with Crippen molar-refractivity contribution in [2.24, 2.45) is 0 Å². The van der Waals surface area contributed by atoms with Gasteiger partial charge in [0.15, 0.2) is 0 Å². The fourth-order valence-electron chi connectivity index (χ4n) is 1.87. The van der Waals surface area contributed by atoms with Gasteiger partial charge >= 0.3 is 0 Å². The zero-order valence-corrected chi connectivity index (χ0v) is 11.0. The van der Waals surface area contributed by atoms with Crippen molar-refractivity contribution < 1.29 is 9.50 Å². The highest BCUT2D eigenvalue weighted by Crippen LogP contribution is 2.19. The predicted octanol–water partition coefficient (Wildman–Crippen LogP) is 2.91. The van der Waals surface area contributed by atoms with Crippen LogP contribution in [0.1, 0.15) is 24.2 Å². The number of nitrogens with zero attached hydrogens (tertiary/aromatic N) is 2. The Morgan fingerprint density at radius 2 is 2.05 bits per heavy atom. The van der Waals surface area contributed by atoms with Crippen LogP contribution in [0, 0.1) is 5.82 Å². The summed E-state index contributed by atoms with van der Waals surface area (Å²) in [5, 5.41) is 9.56. The molecule has 4 heteroatoms. The monoisotopic (exact) mass is 260 g/mol. The Kier molecular flexibility index (Phi) is 4.12. The summed E-state index contributed by atoms with van der Waals surface area (Å²) in [5.41, 5.74) is 1.42. The van der Waals surface area contributed by atoms with Gasteiger partial charge in [0, 0.05) is 25.4 Å². The van der Waals surface area contributed by atoms with Crippen LogP contribution in [0.3, 0.4) is 0 Å². The fraction of sp³-hybridized carbons (Fsp3) is 0.267. The van der Waals surface area contributed by atoms with E-state index in [1.54, 1.807) is 31.3 Å². The summed E-state index contributed by atoms with van der Waals surface area (Å²) >= 11 is 0. The summed E-state index contributed by atoms with van der Waals surface area (Å²) in [4.78, 5) is 6.09. The van der Waals surface area contributed by atoms with E-state index in [2.05, 4.69) is 4.98 Å². The van der Waals surface area contributed by atoms with E-state index in [9.17, 15) is 9.50 Å². The van der Waals surface area contributed by atoms with Crippen LogP contribution in [0.2, 0.25) is 0 Å². The molecule has 0 aliphatic carbocycles. The van der Waals surface area contributed by atoms with Crippen LogP contribution in [-0.4, -0.2) is 17.1 Å². The van der Waals surface area contributed by atoms with E-state index in [1.807, 2.05) is 24.1 Å². The van der Waals surface area contributed by atoms with E-state index in [1.165, 1.54) is 6.07 Å². The van der Waals surface area contributed by atoms with Gasteiger partial charge in [0.1, 0.15) is 11.6 Å². The molecule has 1 heterocycles.